The molecule has 1 aliphatic rings. The number of thiazole rings is 1. The van der Waals surface area contributed by atoms with Crippen LogP contribution in [-0.2, 0) is 28.0 Å². The Hall–Kier alpha value is -4.11. The summed E-state index contributed by atoms with van der Waals surface area (Å²) < 4.78 is 14.2. The zero-order chi connectivity index (χ0) is 28.9. The first kappa shape index (κ1) is 27.1. The Bertz CT molecular complexity index is 1780. The van der Waals surface area contributed by atoms with Gasteiger partial charge >= 0.3 is 11.9 Å². The maximum absolute atomic E-state index is 11.6. The van der Waals surface area contributed by atoms with E-state index in [9.17, 15) is 19.8 Å². The smallest absolute Gasteiger partial charge is 0.307 e. The van der Waals surface area contributed by atoms with Crippen LogP contribution in [0.2, 0.25) is 0 Å². The molecule has 1 aliphatic carbocycles. The van der Waals surface area contributed by atoms with Gasteiger partial charge in [0.2, 0.25) is 0 Å². The molecule has 212 valence electrons. The fraction of sp³-hybridized carbons (Fsp3) is 0.344. The number of aromatic nitrogens is 2. The largest absolute Gasteiger partial charge is 0.493 e. The Kier molecular flexibility index (Phi) is 6.65. The number of carboxylic acid groups (broad SMARTS) is 2. The number of fused-ring (bicyclic) bond motifs is 2. The molecule has 1 saturated carbocycles. The number of hydrogen-bond acceptors (Lipinski definition) is 6. The van der Waals surface area contributed by atoms with Crippen molar-refractivity contribution in [2.45, 2.75) is 58.4 Å². The van der Waals surface area contributed by atoms with Crippen molar-refractivity contribution in [3.63, 3.8) is 0 Å². The van der Waals surface area contributed by atoms with Crippen molar-refractivity contribution >= 4 is 45.1 Å². The van der Waals surface area contributed by atoms with E-state index < -0.39 is 11.9 Å². The number of carbonyl (C=O) groups is 2. The van der Waals surface area contributed by atoms with E-state index in [4.69, 9.17) is 14.1 Å². The molecule has 0 unspecified atom stereocenters. The molecule has 5 aromatic rings. The zero-order valence-electron chi connectivity index (χ0n) is 23.3. The molecular formula is C32H32N2O6S. The third-order valence-corrected chi connectivity index (χ3v) is 8.58. The fourth-order valence-electron chi connectivity index (χ4n) is 5.21. The minimum absolute atomic E-state index is 0.0282. The lowest BCUT2D eigenvalue weighted by Crippen LogP contribution is -2.17. The van der Waals surface area contributed by atoms with E-state index in [1.807, 2.05) is 42.6 Å². The number of ether oxygens (including phenoxy) is 1. The summed E-state index contributed by atoms with van der Waals surface area (Å²) in [7, 11) is 0. The van der Waals surface area contributed by atoms with Crippen molar-refractivity contribution in [2.75, 3.05) is 6.61 Å². The zero-order valence-corrected chi connectivity index (χ0v) is 24.1. The first-order chi connectivity index (χ1) is 19.5. The molecule has 3 aromatic heterocycles. The lowest BCUT2D eigenvalue weighted by molar-refractivity contribution is -0.139. The van der Waals surface area contributed by atoms with Crippen LogP contribution in [0.3, 0.4) is 0 Å². The van der Waals surface area contributed by atoms with E-state index in [0.29, 0.717) is 24.5 Å². The van der Waals surface area contributed by atoms with Crippen molar-refractivity contribution < 1.29 is 29.0 Å². The minimum atomic E-state index is -0.905. The van der Waals surface area contributed by atoms with Crippen LogP contribution in [0, 0.1) is 5.41 Å². The monoisotopic (exact) mass is 572 g/mol. The Balaban J connectivity index is 1.26. The van der Waals surface area contributed by atoms with Crippen LogP contribution < -0.4 is 4.74 Å². The molecule has 3 heterocycles. The van der Waals surface area contributed by atoms with E-state index >= 15 is 0 Å². The molecule has 1 fully saturated rings. The van der Waals surface area contributed by atoms with Crippen LogP contribution in [0.25, 0.3) is 32.6 Å². The maximum atomic E-state index is 11.6. The van der Waals surface area contributed by atoms with E-state index in [0.717, 1.165) is 56.7 Å². The van der Waals surface area contributed by atoms with E-state index in [1.54, 1.807) is 11.3 Å². The van der Waals surface area contributed by atoms with Gasteiger partial charge in [0, 0.05) is 45.2 Å². The Morgan fingerprint density at radius 3 is 2.59 bits per heavy atom. The van der Waals surface area contributed by atoms with Crippen LogP contribution >= 0.6 is 11.3 Å². The van der Waals surface area contributed by atoms with E-state index in [2.05, 4.69) is 36.8 Å². The van der Waals surface area contributed by atoms with Crippen molar-refractivity contribution in [1.82, 2.24) is 9.55 Å². The number of hydrogen-bond donors (Lipinski definition) is 2. The molecule has 2 N–H and O–H groups in total. The van der Waals surface area contributed by atoms with Crippen molar-refractivity contribution in [3.8, 4) is 16.5 Å². The first-order valence-electron chi connectivity index (χ1n) is 13.7. The molecule has 0 radical (unpaired) electrons. The van der Waals surface area contributed by atoms with Gasteiger partial charge in [0.05, 0.1) is 25.1 Å². The molecular weight excluding hydrogens is 540 g/mol. The van der Waals surface area contributed by atoms with Crippen LogP contribution in [0.4, 0.5) is 0 Å². The van der Waals surface area contributed by atoms with Gasteiger partial charge < -0.3 is 23.9 Å². The molecule has 0 bridgehead atoms. The second kappa shape index (κ2) is 10.1. The topological polar surface area (TPSA) is 115 Å². The highest BCUT2D eigenvalue weighted by atomic mass is 32.1. The number of nitrogens with zero attached hydrogens (tertiary/aromatic N) is 2. The summed E-state index contributed by atoms with van der Waals surface area (Å²) in [6.45, 7) is 7.32. The summed E-state index contributed by atoms with van der Waals surface area (Å²) in [4.78, 5) is 27.6. The van der Waals surface area contributed by atoms with Gasteiger partial charge in [-0.2, -0.15) is 0 Å². The first-order valence-corrected chi connectivity index (χ1v) is 14.5. The van der Waals surface area contributed by atoms with Gasteiger partial charge in [-0.15, -0.1) is 11.3 Å². The van der Waals surface area contributed by atoms with Gasteiger partial charge in [-0.05, 0) is 60.4 Å². The standard InChI is InChI=1S/C32H32N2O6S/c1-31(2,3)27-17-41-30(33-27)26-11-20-10-19(4-7-25(20)40-26)15-34-16-21(12-28(35)36)23-13-22(5-6-24(23)34)39-18-32(8-9-32)14-29(37)38/h4-7,10-11,13,16-17H,8-9,12,14-15,18H2,1-3H3,(H,35,36)(H,37,38). The minimum Gasteiger partial charge on any atom is -0.493 e. The lowest BCUT2D eigenvalue weighted by atomic mass is 9.93. The molecule has 9 heteroatoms. The fourth-order valence-corrected chi connectivity index (χ4v) is 6.20. The van der Waals surface area contributed by atoms with E-state index in [1.165, 1.54) is 0 Å². The van der Waals surface area contributed by atoms with Gasteiger partial charge in [0.25, 0.3) is 0 Å². The second-order valence-electron chi connectivity index (χ2n) is 12.2. The Morgan fingerprint density at radius 1 is 1.10 bits per heavy atom. The molecule has 0 amide bonds. The van der Waals surface area contributed by atoms with Crippen molar-refractivity contribution in [2.24, 2.45) is 5.41 Å². The Labute approximate surface area is 241 Å². The molecule has 0 aliphatic heterocycles. The summed E-state index contributed by atoms with van der Waals surface area (Å²) in [6.07, 6.45) is 3.56. The maximum Gasteiger partial charge on any atom is 0.307 e. The number of rotatable bonds is 10. The third-order valence-electron chi connectivity index (χ3n) is 7.72. The SMILES string of the molecule is CC(C)(C)c1csc(-c2cc3cc(Cn4cc(CC(=O)O)c5cc(OCC6(CC(=O)O)CC6)ccc54)ccc3o2)n1. The average Bonchev–Trinajstić information content (AvgIpc) is 3.24. The summed E-state index contributed by atoms with van der Waals surface area (Å²) in [5.74, 6) is -0.359. The molecule has 0 spiro atoms. The van der Waals surface area contributed by atoms with Crippen LogP contribution in [-0.4, -0.2) is 38.3 Å². The predicted molar refractivity (Wildman–Crippen MR) is 158 cm³/mol. The summed E-state index contributed by atoms with van der Waals surface area (Å²) in [5.41, 5.74) is 4.17. The molecule has 0 saturated heterocycles. The molecule has 6 rings (SSSR count). The third kappa shape index (κ3) is 5.72. The van der Waals surface area contributed by atoms with Gasteiger partial charge in [0.15, 0.2) is 10.8 Å². The molecule has 2 aromatic carbocycles. The highest BCUT2D eigenvalue weighted by Gasteiger charge is 2.45. The van der Waals surface area contributed by atoms with Crippen LogP contribution in [0.5, 0.6) is 5.75 Å². The van der Waals surface area contributed by atoms with Crippen molar-refractivity contribution in [3.05, 3.63) is 70.9 Å². The number of benzene rings is 2. The van der Waals surface area contributed by atoms with Gasteiger partial charge in [-0.3, -0.25) is 9.59 Å². The number of aliphatic carboxylic acids is 2. The number of furan rings is 1. The quantitative estimate of drug-likeness (QED) is 0.183. The normalized spacial score (nSPS) is 14.5. The highest BCUT2D eigenvalue weighted by molar-refractivity contribution is 7.13. The highest BCUT2D eigenvalue weighted by Crippen LogP contribution is 2.49. The molecule has 41 heavy (non-hydrogen) atoms. The van der Waals surface area contributed by atoms with Crippen LogP contribution in [0.15, 0.2) is 58.5 Å². The average molecular weight is 573 g/mol. The summed E-state index contributed by atoms with van der Waals surface area (Å²) >= 11 is 1.58. The summed E-state index contributed by atoms with van der Waals surface area (Å²) in [5, 5.41) is 23.5. The van der Waals surface area contributed by atoms with E-state index in [-0.39, 0.29) is 23.7 Å². The van der Waals surface area contributed by atoms with Gasteiger partial charge in [-0.1, -0.05) is 26.8 Å². The lowest BCUT2D eigenvalue weighted by Gasteiger charge is -2.14. The van der Waals surface area contributed by atoms with Crippen LogP contribution in [0.1, 0.15) is 56.9 Å². The molecule has 0 atom stereocenters. The molecule has 8 nitrogen and oxygen atoms in total. The number of carboxylic acids is 2. The second-order valence-corrected chi connectivity index (χ2v) is 13.0. The van der Waals surface area contributed by atoms with Gasteiger partial charge in [-0.25, -0.2) is 4.98 Å². The van der Waals surface area contributed by atoms with Crippen molar-refractivity contribution in [1.29, 1.82) is 0 Å². The Morgan fingerprint density at radius 2 is 1.90 bits per heavy atom. The predicted octanol–water partition coefficient (Wildman–Crippen LogP) is 7.12. The summed E-state index contributed by atoms with van der Waals surface area (Å²) in [6, 6.07) is 13.8. The van der Waals surface area contributed by atoms with Gasteiger partial charge in [0.1, 0.15) is 11.3 Å².